The molecule has 0 aliphatic rings. The van der Waals surface area contributed by atoms with Crippen molar-refractivity contribution in [3.05, 3.63) is 96.6 Å². The summed E-state index contributed by atoms with van der Waals surface area (Å²) in [5.74, 6) is 0. The van der Waals surface area contributed by atoms with Gasteiger partial charge in [0.05, 0.1) is 0 Å². The lowest BCUT2D eigenvalue weighted by Gasteiger charge is -2.28. The van der Waals surface area contributed by atoms with E-state index in [2.05, 4.69) is 72.8 Å². The third kappa shape index (κ3) is 3.75. The quantitative estimate of drug-likeness (QED) is 0.485. The molecule has 0 amide bonds. The predicted octanol–water partition coefficient (Wildman–Crippen LogP) is 4.45. The van der Waals surface area contributed by atoms with E-state index in [0.29, 0.717) is 6.42 Å². The maximum absolute atomic E-state index is 11.4. The Morgan fingerprint density at radius 1 is 0.696 bits per heavy atom. The van der Waals surface area contributed by atoms with Crippen molar-refractivity contribution in [2.45, 2.75) is 12.1 Å². The molecule has 0 aliphatic heterocycles. The summed E-state index contributed by atoms with van der Waals surface area (Å²) >= 11 is 0. The minimum atomic E-state index is -0.628. The van der Waals surface area contributed by atoms with Gasteiger partial charge in [0, 0.05) is 12.1 Å². The highest BCUT2D eigenvalue weighted by Gasteiger charge is 2.25. The molecule has 0 bridgehead atoms. The van der Waals surface area contributed by atoms with Gasteiger partial charge in [0.2, 0.25) is 0 Å². The molecule has 3 aromatic rings. The molecule has 0 saturated carbocycles. The van der Waals surface area contributed by atoms with E-state index in [1.165, 1.54) is 16.2 Å². The fourth-order valence-corrected chi connectivity index (χ4v) is 5.61. The molecule has 0 N–H and O–H groups in total. The maximum Gasteiger partial charge on any atom is 0.120 e. The van der Waals surface area contributed by atoms with Crippen LogP contribution in [-0.4, -0.2) is 6.29 Å². The summed E-state index contributed by atoms with van der Waals surface area (Å²) in [5.41, 5.74) is 1.44. The first-order valence-electron chi connectivity index (χ1n) is 7.78. The van der Waals surface area contributed by atoms with Crippen LogP contribution in [-0.2, 0) is 4.79 Å². The Labute approximate surface area is 138 Å². The SMILES string of the molecule is O=CCC(c1ccccc1)P(c1ccccc1)c1ccccc1. The summed E-state index contributed by atoms with van der Waals surface area (Å²) in [4.78, 5) is 11.4. The average molecular weight is 318 g/mol. The van der Waals surface area contributed by atoms with Crippen LogP contribution in [0, 0.1) is 0 Å². The molecule has 2 heteroatoms. The summed E-state index contributed by atoms with van der Waals surface area (Å²) in [6, 6.07) is 31.5. The highest BCUT2D eigenvalue weighted by Crippen LogP contribution is 2.50. The number of rotatable bonds is 6. The molecule has 0 spiro atoms. The zero-order chi connectivity index (χ0) is 15.9. The van der Waals surface area contributed by atoms with E-state index >= 15 is 0 Å². The standard InChI is InChI=1S/C21H19OP/c22-17-16-21(18-10-4-1-5-11-18)23(19-12-6-2-7-13-19)20-14-8-3-9-15-20/h1-15,17,21H,16H2. The Kier molecular flexibility index (Phi) is 5.34. The molecule has 3 rings (SSSR count). The van der Waals surface area contributed by atoms with Crippen molar-refractivity contribution in [2.24, 2.45) is 0 Å². The lowest BCUT2D eigenvalue weighted by Crippen LogP contribution is -2.17. The molecule has 23 heavy (non-hydrogen) atoms. The van der Waals surface area contributed by atoms with Crippen LogP contribution in [0.15, 0.2) is 91.0 Å². The Hall–Kier alpha value is -2.24. The van der Waals surface area contributed by atoms with Crippen molar-refractivity contribution >= 4 is 24.8 Å². The number of carbonyl (C=O) groups excluding carboxylic acids is 1. The first-order chi connectivity index (χ1) is 11.4. The highest BCUT2D eigenvalue weighted by atomic mass is 31.1. The maximum atomic E-state index is 11.4. The number of aldehydes is 1. The first-order valence-corrected chi connectivity index (χ1v) is 9.19. The highest BCUT2D eigenvalue weighted by molar-refractivity contribution is 7.73. The lowest BCUT2D eigenvalue weighted by molar-refractivity contribution is -0.107. The molecule has 0 aromatic heterocycles. The minimum Gasteiger partial charge on any atom is -0.303 e. The van der Waals surface area contributed by atoms with Gasteiger partial charge >= 0.3 is 0 Å². The molecule has 114 valence electrons. The fourth-order valence-electron chi connectivity index (χ4n) is 2.84. The van der Waals surface area contributed by atoms with Crippen LogP contribution < -0.4 is 10.6 Å². The predicted molar refractivity (Wildman–Crippen MR) is 98.9 cm³/mol. The van der Waals surface area contributed by atoms with E-state index in [1.54, 1.807) is 0 Å². The molecule has 0 aliphatic carbocycles. The molecule has 1 unspecified atom stereocenters. The normalized spacial score (nSPS) is 12.0. The molecule has 0 saturated heterocycles. The lowest BCUT2D eigenvalue weighted by atomic mass is 10.1. The van der Waals surface area contributed by atoms with E-state index in [1.807, 2.05) is 18.2 Å². The number of benzene rings is 3. The van der Waals surface area contributed by atoms with Crippen LogP contribution in [0.1, 0.15) is 17.6 Å². The molecule has 0 radical (unpaired) electrons. The third-order valence-corrected chi connectivity index (χ3v) is 6.73. The van der Waals surface area contributed by atoms with Crippen LogP contribution in [0.25, 0.3) is 0 Å². The largest absolute Gasteiger partial charge is 0.303 e. The number of hydrogen-bond donors (Lipinski definition) is 0. The third-order valence-electron chi connectivity index (χ3n) is 3.88. The summed E-state index contributed by atoms with van der Waals surface area (Å²) in [6.07, 6.45) is 1.60. The number of carbonyl (C=O) groups is 1. The van der Waals surface area contributed by atoms with E-state index in [-0.39, 0.29) is 5.66 Å². The topological polar surface area (TPSA) is 17.1 Å². The first kappa shape index (κ1) is 15.6. The van der Waals surface area contributed by atoms with Crippen LogP contribution in [0.3, 0.4) is 0 Å². The number of hydrogen-bond acceptors (Lipinski definition) is 1. The minimum absolute atomic E-state index is 0.202. The Morgan fingerprint density at radius 2 is 1.13 bits per heavy atom. The zero-order valence-corrected chi connectivity index (χ0v) is 13.8. The van der Waals surface area contributed by atoms with Gasteiger partial charge in [0.25, 0.3) is 0 Å². The summed E-state index contributed by atoms with van der Waals surface area (Å²) in [6.45, 7) is 0. The van der Waals surface area contributed by atoms with Gasteiger partial charge in [0.15, 0.2) is 0 Å². The summed E-state index contributed by atoms with van der Waals surface area (Å²) in [5, 5.41) is 2.62. The summed E-state index contributed by atoms with van der Waals surface area (Å²) < 4.78 is 0. The molecule has 1 nitrogen and oxygen atoms in total. The van der Waals surface area contributed by atoms with Gasteiger partial charge in [-0.05, 0) is 24.1 Å². The second-order valence-electron chi connectivity index (χ2n) is 5.37. The van der Waals surface area contributed by atoms with Crippen LogP contribution >= 0.6 is 7.92 Å². The zero-order valence-electron chi connectivity index (χ0n) is 12.9. The van der Waals surface area contributed by atoms with Crippen molar-refractivity contribution in [1.82, 2.24) is 0 Å². The average Bonchev–Trinajstić information content (AvgIpc) is 2.64. The molecular weight excluding hydrogens is 299 g/mol. The van der Waals surface area contributed by atoms with Gasteiger partial charge in [-0.1, -0.05) is 91.0 Å². The van der Waals surface area contributed by atoms with Crippen LogP contribution in [0.4, 0.5) is 0 Å². The van der Waals surface area contributed by atoms with Gasteiger partial charge in [-0.3, -0.25) is 0 Å². The van der Waals surface area contributed by atoms with E-state index in [4.69, 9.17) is 0 Å². The van der Waals surface area contributed by atoms with Crippen molar-refractivity contribution in [3.8, 4) is 0 Å². The summed E-state index contributed by atoms with van der Waals surface area (Å²) in [7, 11) is -0.628. The van der Waals surface area contributed by atoms with Crippen molar-refractivity contribution < 1.29 is 4.79 Å². The van der Waals surface area contributed by atoms with Crippen molar-refractivity contribution in [3.63, 3.8) is 0 Å². The second-order valence-corrected chi connectivity index (χ2v) is 7.77. The second kappa shape index (κ2) is 7.85. The van der Waals surface area contributed by atoms with Gasteiger partial charge < -0.3 is 4.79 Å². The van der Waals surface area contributed by atoms with E-state index in [9.17, 15) is 4.79 Å². The van der Waals surface area contributed by atoms with E-state index < -0.39 is 7.92 Å². The molecule has 1 atom stereocenters. The molecular formula is C21H19OP. The molecule has 0 fully saturated rings. The van der Waals surface area contributed by atoms with Gasteiger partial charge in [-0.25, -0.2) is 0 Å². The van der Waals surface area contributed by atoms with Gasteiger partial charge in [-0.15, -0.1) is 0 Å². The fraction of sp³-hybridized carbons (Fsp3) is 0.0952. The Bertz CT molecular complexity index is 686. The van der Waals surface area contributed by atoms with Crippen molar-refractivity contribution in [1.29, 1.82) is 0 Å². The van der Waals surface area contributed by atoms with Gasteiger partial charge in [-0.2, -0.15) is 0 Å². The molecule has 3 aromatic carbocycles. The molecule has 0 heterocycles. The van der Waals surface area contributed by atoms with Crippen LogP contribution in [0.2, 0.25) is 0 Å². The smallest absolute Gasteiger partial charge is 0.120 e. The van der Waals surface area contributed by atoms with Gasteiger partial charge in [0.1, 0.15) is 6.29 Å². The van der Waals surface area contributed by atoms with Crippen molar-refractivity contribution in [2.75, 3.05) is 0 Å². The van der Waals surface area contributed by atoms with E-state index in [0.717, 1.165) is 6.29 Å². The van der Waals surface area contributed by atoms with Crippen LogP contribution in [0.5, 0.6) is 0 Å². The Morgan fingerprint density at radius 3 is 1.57 bits per heavy atom. The monoisotopic (exact) mass is 318 g/mol. The Balaban J connectivity index is 2.11.